The number of nitro groups is 1. The van der Waals surface area contributed by atoms with Gasteiger partial charge in [0.15, 0.2) is 0 Å². The van der Waals surface area contributed by atoms with Gasteiger partial charge in [-0.25, -0.2) is 4.98 Å². The van der Waals surface area contributed by atoms with Crippen LogP contribution in [0.2, 0.25) is 10.0 Å². The zero-order chi connectivity index (χ0) is 14.0. The van der Waals surface area contributed by atoms with Crippen molar-refractivity contribution >= 4 is 28.9 Å². The highest BCUT2D eigenvalue weighted by Gasteiger charge is 2.17. The normalized spacial score (nSPS) is 10.7. The first-order valence-corrected chi connectivity index (χ1v) is 6.46. The molecule has 2 aromatic rings. The molecule has 0 amide bonds. The molecule has 0 aliphatic heterocycles. The van der Waals surface area contributed by atoms with Gasteiger partial charge in [0.2, 0.25) is 0 Å². The van der Waals surface area contributed by atoms with Gasteiger partial charge >= 0.3 is 0 Å². The van der Waals surface area contributed by atoms with E-state index in [2.05, 4.69) is 4.98 Å². The molecule has 0 saturated heterocycles. The molecule has 0 saturated carbocycles. The van der Waals surface area contributed by atoms with Crippen molar-refractivity contribution in [2.75, 3.05) is 0 Å². The fraction of sp³-hybridized carbons (Fsp3) is 0.250. The molecule has 0 atom stereocenters. The Hall–Kier alpha value is -1.59. The second kappa shape index (κ2) is 5.59. The molecule has 7 heteroatoms. The maximum Gasteiger partial charge on any atom is 0.272 e. The van der Waals surface area contributed by atoms with Gasteiger partial charge < -0.3 is 4.57 Å². The summed E-state index contributed by atoms with van der Waals surface area (Å²) in [6.45, 7) is 2.04. The first kappa shape index (κ1) is 13.8. The van der Waals surface area contributed by atoms with E-state index in [9.17, 15) is 10.1 Å². The van der Waals surface area contributed by atoms with Crippen LogP contribution in [0.3, 0.4) is 0 Å². The number of nitrogens with zero attached hydrogens (tertiary/aromatic N) is 3. The molecule has 100 valence electrons. The predicted octanol–water partition coefficient (Wildman–Crippen LogP) is 4.04. The molecule has 0 fully saturated rings. The van der Waals surface area contributed by atoms with Gasteiger partial charge in [-0.15, -0.1) is 0 Å². The molecular weight excluding hydrogens is 289 g/mol. The molecule has 1 aromatic heterocycles. The van der Waals surface area contributed by atoms with Gasteiger partial charge in [-0.3, -0.25) is 10.1 Å². The Balaban J connectivity index is 2.56. The summed E-state index contributed by atoms with van der Waals surface area (Å²) in [4.78, 5) is 14.5. The lowest BCUT2D eigenvalue weighted by Crippen LogP contribution is -2.02. The largest absolute Gasteiger partial charge is 0.301 e. The van der Waals surface area contributed by atoms with Crippen LogP contribution < -0.4 is 0 Å². The quantitative estimate of drug-likeness (QED) is 0.632. The van der Waals surface area contributed by atoms with E-state index in [-0.39, 0.29) is 15.7 Å². The van der Waals surface area contributed by atoms with Crippen LogP contribution in [0.1, 0.15) is 19.2 Å². The van der Waals surface area contributed by atoms with E-state index >= 15 is 0 Å². The molecule has 0 radical (unpaired) electrons. The minimum atomic E-state index is -0.525. The lowest BCUT2D eigenvalue weighted by molar-refractivity contribution is -0.384. The van der Waals surface area contributed by atoms with E-state index in [1.165, 1.54) is 12.1 Å². The molecule has 0 unspecified atom stereocenters. The number of aromatic nitrogens is 2. The second-order valence-electron chi connectivity index (χ2n) is 3.98. The first-order valence-electron chi connectivity index (χ1n) is 5.70. The average molecular weight is 300 g/mol. The highest BCUT2D eigenvalue weighted by atomic mass is 35.5. The van der Waals surface area contributed by atoms with Gasteiger partial charge in [0.05, 0.1) is 20.7 Å². The van der Waals surface area contributed by atoms with Gasteiger partial charge in [0, 0.05) is 30.9 Å². The number of rotatable bonds is 4. The Bertz CT molecular complexity index is 602. The van der Waals surface area contributed by atoms with Crippen molar-refractivity contribution in [2.24, 2.45) is 0 Å². The van der Waals surface area contributed by atoms with Gasteiger partial charge in [-0.1, -0.05) is 30.1 Å². The summed E-state index contributed by atoms with van der Waals surface area (Å²) in [6, 6.07) is 2.58. The van der Waals surface area contributed by atoms with Gasteiger partial charge in [0.25, 0.3) is 5.69 Å². The van der Waals surface area contributed by atoms with Crippen LogP contribution in [0.25, 0.3) is 5.69 Å². The number of aryl methyl sites for hydroxylation is 1. The number of imidazole rings is 1. The molecule has 0 N–H and O–H groups in total. The third-order valence-electron chi connectivity index (χ3n) is 2.64. The molecule has 0 spiro atoms. The average Bonchev–Trinajstić information content (AvgIpc) is 2.77. The molecule has 19 heavy (non-hydrogen) atoms. The number of halogens is 2. The molecule has 1 aromatic carbocycles. The molecule has 0 bridgehead atoms. The van der Waals surface area contributed by atoms with Crippen molar-refractivity contribution < 1.29 is 4.92 Å². The van der Waals surface area contributed by atoms with E-state index < -0.39 is 4.92 Å². The first-order chi connectivity index (χ1) is 9.04. The third-order valence-corrected chi connectivity index (χ3v) is 3.22. The fourth-order valence-electron chi connectivity index (χ4n) is 1.83. The molecule has 0 aliphatic rings. The van der Waals surface area contributed by atoms with Crippen LogP contribution in [-0.2, 0) is 6.42 Å². The zero-order valence-electron chi connectivity index (χ0n) is 10.1. The summed E-state index contributed by atoms with van der Waals surface area (Å²) in [6.07, 6.45) is 5.10. The van der Waals surface area contributed by atoms with Crippen LogP contribution >= 0.6 is 23.2 Å². The van der Waals surface area contributed by atoms with Crippen LogP contribution in [0, 0.1) is 10.1 Å². The van der Waals surface area contributed by atoms with E-state index in [1.54, 1.807) is 17.0 Å². The maximum atomic E-state index is 10.7. The Morgan fingerprint density at radius 2 is 2.00 bits per heavy atom. The fourth-order valence-corrected chi connectivity index (χ4v) is 2.49. The number of benzene rings is 1. The molecule has 0 aliphatic carbocycles. The minimum Gasteiger partial charge on any atom is -0.301 e. The van der Waals surface area contributed by atoms with E-state index in [4.69, 9.17) is 23.2 Å². The SMILES string of the molecule is CCCc1nccn1-c1c(Cl)cc([N+](=O)[O-])cc1Cl. The Morgan fingerprint density at radius 3 is 2.53 bits per heavy atom. The summed E-state index contributed by atoms with van der Waals surface area (Å²) < 4.78 is 1.76. The monoisotopic (exact) mass is 299 g/mol. The van der Waals surface area contributed by atoms with E-state index in [1.807, 2.05) is 6.92 Å². The second-order valence-corrected chi connectivity index (χ2v) is 4.79. The zero-order valence-corrected chi connectivity index (χ0v) is 11.6. The minimum absolute atomic E-state index is 0.129. The predicted molar refractivity (Wildman–Crippen MR) is 74.2 cm³/mol. The van der Waals surface area contributed by atoms with Crippen LogP contribution in [-0.4, -0.2) is 14.5 Å². The summed E-state index contributed by atoms with van der Waals surface area (Å²) in [7, 11) is 0. The number of hydrogen-bond acceptors (Lipinski definition) is 3. The Morgan fingerprint density at radius 1 is 1.37 bits per heavy atom. The topological polar surface area (TPSA) is 61.0 Å². The van der Waals surface area contributed by atoms with Crippen LogP contribution in [0.4, 0.5) is 5.69 Å². The van der Waals surface area contributed by atoms with Crippen LogP contribution in [0.5, 0.6) is 0 Å². The van der Waals surface area contributed by atoms with Crippen molar-refractivity contribution in [3.63, 3.8) is 0 Å². The molecule has 2 rings (SSSR count). The summed E-state index contributed by atoms with van der Waals surface area (Å²) in [5.74, 6) is 0.820. The highest BCUT2D eigenvalue weighted by Crippen LogP contribution is 2.33. The van der Waals surface area contributed by atoms with Crippen LogP contribution in [0.15, 0.2) is 24.5 Å². The molecular formula is C12H11Cl2N3O2. The number of non-ortho nitro benzene ring substituents is 1. The molecule has 5 nitrogen and oxygen atoms in total. The van der Waals surface area contributed by atoms with Crippen molar-refractivity contribution in [3.8, 4) is 5.69 Å². The lowest BCUT2D eigenvalue weighted by atomic mass is 10.2. The van der Waals surface area contributed by atoms with Gasteiger partial charge in [0.1, 0.15) is 5.82 Å². The Kier molecular flexibility index (Phi) is 4.07. The lowest BCUT2D eigenvalue weighted by Gasteiger charge is -2.11. The van der Waals surface area contributed by atoms with Crippen molar-refractivity contribution in [3.05, 3.63) is 50.5 Å². The number of nitro benzene ring substituents is 1. The third kappa shape index (κ3) is 2.72. The standard InChI is InChI=1S/C12H11Cl2N3O2/c1-2-3-11-15-4-5-16(11)12-9(13)6-8(17(18)19)7-10(12)14/h4-7H,2-3H2,1H3. The summed E-state index contributed by atoms with van der Waals surface area (Å²) >= 11 is 12.2. The summed E-state index contributed by atoms with van der Waals surface area (Å²) in [5, 5.41) is 11.2. The van der Waals surface area contributed by atoms with Gasteiger partial charge in [-0.2, -0.15) is 0 Å². The van der Waals surface area contributed by atoms with Gasteiger partial charge in [-0.05, 0) is 6.42 Å². The number of hydrogen-bond donors (Lipinski definition) is 0. The maximum absolute atomic E-state index is 10.7. The summed E-state index contributed by atoms with van der Waals surface area (Å²) in [5.41, 5.74) is 0.394. The smallest absolute Gasteiger partial charge is 0.272 e. The van der Waals surface area contributed by atoms with E-state index in [0.717, 1.165) is 18.7 Å². The van der Waals surface area contributed by atoms with Crippen molar-refractivity contribution in [2.45, 2.75) is 19.8 Å². The molecule has 1 heterocycles. The Labute approximate surface area is 119 Å². The van der Waals surface area contributed by atoms with Crippen molar-refractivity contribution in [1.82, 2.24) is 9.55 Å². The highest BCUT2D eigenvalue weighted by molar-refractivity contribution is 6.38. The van der Waals surface area contributed by atoms with E-state index in [0.29, 0.717) is 5.69 Å². The van der Waals surface area contributed by atoms with Crippen molar-refractivity contribution in [1.29, 1.82) is 0 Å².